The van der Waals surface area contributed by atoms with Gasteiger partial charge in [0.1, 0.15) is 17.6 Å². The van der Waals surface area contributed by atoms with Crippen LogP contribution in [0.3, 0.4) is 0 Å². The standard InChI is InChI=1S/C23H20N2O4S/c1-2-29-17-9-5-7-15(13-17)21(26)19-20(18-10-6-12-30-18)25(23(28)22(19)27)14-16-8-3-4-11-24-16/h3-13,20,26H,2,14H2,1H3/b21-19-. The van der Waals surface area contributed by atoms with Crippen LogP contribution < -0.4 is 4.74 Å². The molecule has 3 aromatic rings. The number of hydrogen-bond donors (Lipinski definition) is 1. The molecule has 0 spiro atoms. The number of ether oxygens (including phenoxy) is 1. The van der Waals surface area contributed by atoms with E-state index in [1.807, 2.05) is 30.5 Å². The van der Waals surface area contributed by atoms with Gasteiger partial charge in [-0.25, -0.2) is 0 Å². The fourth-order valence-electron chi connectivity index (χ4n) is 3.51. The van der Waals surface area contributed by atoms with E-state index < -0.39 is 17.7 Å². The number of aromatic nitrogens is 1. The number of likely N-dealkylation sites (tertiary alicyclic amines) is 1. The zero-order valence-corrected chi connectivity index (χ0v) is 17.1. The molecule has 1 fully saturated rings. The largest absolute Gasteiger partial charge is 0.507 e. The molecular formula is C23H20N2O4S. The number of thiophene rings is 1. The van der Waals surface area contributed by atoms with Crippen molar-refractivity contribution in [2.24, 2.45) is 0 Å². The number of pyridine rings is 1. The summed E-state index contributed by atoms with van der Waals surface area (Å²) in [6.07, 6.45) is 1.64. The summed E-state index contributed by atoms with van der Waals surface area (Å²) in [6, 6.07) is 15.3. The van der Waals surface area contributed by atoms with E-state index in [1.165, 1.54) is 16.2 Å². The van der Waals surface area contributed by atoms with Crippen LogP contribution in [0.1, 0.15) is 29.1 Å². The SMILES string of the molecule is CCOc1cccc(/C(O)=C2/C(=O)C(=O)N(Cc3ccccn3)C2c2cccs2)c1. The van der Waals surface area contributed by atoms with Crippen molar-refractivity contribution < 1.29 is 19.4 Å². The first-order chi connectivity index (χ1) is 14.6. The van der Waals surface area contributed by atoms with Crippen molar-refractivity contribution >= 4 is 28.8 Å². The highest BCUT2D eigenvalue weighted by molar-refractivity contribution is 7.10. The average Bonchev–Trinajstić information content (AvgIpc) is 3.37. The van der Waals surface area contributed by atoms with Crippen molar-refractivity contribution in [3.8, 4) is 5.75 Å². The van der Waals surface area contributed by atoms with E-state index in [0.29, 0.717) is 23.6 Å². The van der Waals surface area contributed by atoms with Gasteiger partial charge in [0, 0.05) is 16.6 Å². The Morgan fingerprint density at radius 1 is 1.17 bits per heavy atom. The summed E-state index contributed by atoms with van der Waals surface area (Å²) in [5, 5.41) is 12.9. The Bertz CT molecular complexity index is 1090. The van der Waals surface area contributed by atoms with E-state index in [4.69, 9.17) is 4.74 Å². The summed E-state index contributed by atoms with van der Waals surface area (Å²) in [6.45, 7) is 2.52. The number of aliphatic hydroxyl groups excluding tert-OH is 1. The second kappa shape index (κ2) is 8.51. The van der Waals surface area contributed by atoms with E-state index in [1.54, 1.807) is 42.6 Å². The molecule has 0 bridgehead atoms. The Kier molecular flexibility index (Phi) is 5.63. The fraction of sp³-hybridized carbons (Fsp3) is 0.174. The van der Waals surface area contributed by atoms with E-state index >= 15 is 0 Å². The molecule has 152 valence electrons. The molecule has 1 amide bonds. The summed E-state index contributed by atoms with van der Waals surface area (Å²) in [4.78, 5) is 32.4. The van der Waals surface area contributed by atoms with Gasteiger partial charge in [-0.15, -0.1) is 11.3 Å². The summed E-state index contributed by atoms with van der Waals surface area (Å²) < 4.78 is 5.50. The molecule has 1 aromatic carbocycles. The summed E-state index contributed by atoms with van der Waals surface area (Å²) in [5.74, 6) is -0.987. The van der Waals surface area contributed by atoms with E-state index in [0.717, 1.165) is 4.88 Å². The Hall–Kier alpha value is -3.45. The lowest BCUT2D eigenvalue weighted by atomic mass is 9.99. The summed E-state index contributed by atoms with van der Waals surface area (Å²) >= 11 is 1.43. The highest BCUT2D eigenvalue weighted by Gasteiger charge is 2.46. The van der Waals surface area contributed by atoms with Gasteiger partial charge in [0.05, 0.1) is 24.4 Å². The monoisotopic (exact) mass is 420 g/mol. The first-order valence-electron chi connectivity index (χ1n) is 9.55. The maximum absolute atomic E-state index is 13.0. The highest BCUT2D eigenvalue weighted by atomic mass is 32.1. The molecule has 1 aliphatic heterocycles. The Morgan fingerprint density at radius 3 is 2.73 bits per heavy atom. The molecule has 30 heavy (non-hydrogen) atoms. The molecule has 1 N–H and O–H groups in total. The topological polar surface area (TPSA) is 79.7 Å². The minimum Gasteiger partial charge on any atom is -0.507 e. The molecule has 4 rings (SSSR count). The van der Waals surface area contributed by atoms with Crippen molar-refractivity contribution in [1.82, 2.24) is 9.88 Å². The number of hydrogen-bond acceptors (Lipinski definition) is 6. The molecular weight excluding hydrogens is 400 g/mol. The van der Waals surface area contributed by atoms with Gasteiger partial charge >= 0.3 is 0 Å². The maximum atomic E-state index is 13.0. The Balaban J connectivity index is 1.81. The quantitative estimate of drug-likeness (QED) is 0.368. The van der Waals surface area contributed by atoms with Crippen LogP contribution in [0.25, 0.3) is 5.76 Å². The molecule has 1 saturated heterocycles. The molecule has 2 aromatic heterocycles. The number of aliphatic hydroxyl groups is 1. The van der Waals surface area contributed by atoms with Crippen molar-refractivity contribution in [1.29, 1.82) is 0 Å². The molecule has 1 unspecified atom stereocenters. The van der Waals surface area contributed by atoms with Gasteiger partial charge in [0.25, 0.3) is 11.7 Å². The molecule has 3 heterocycles. The molecule has 7 heteroatoms. The number of benzene rings is 1. The first-order valence-corrected chi connectivity index (χ1v) is 10.4. The Morgan fingerprint density at radius 2 is 2.03 bits per heavy atom. The lowest BCUT2D eigenvalue weighted by Crippen LogP contribution is -2.29. The Labute approximate surface area is 178 Å². The molecule has 0 saturated carbocycles. The molecule has 0 radical (unpaired) electrons. The predicted octanol–water partition coefficient (Wildman–Crippen LogP) is 4.16. The number of ketones is 1. The third kappa shape index (κ3) is 3.71. The van der Waals surface area contributed by atoms with Crippen LogP contribution in [0, 0.1) is 0 Å². The third-order valence-corrected chi connectivity index (χ3v) is 5.75. The van der Waals surface area contributed by atoms with Crippen LogP contribution in [0.2, 0.25) is 0 Å². The third-order valence-electron chi connectivity index (χ3n) is 4.83. The number of amides is 1. The van der Waals surface area contributed by atoms with Crippen molar-refractivity contribution in [2.75, 3.05) is 6.61 Å². The lowest BCUT2D eigenvalue weighted by Gasteiger charge is -2.23. The van der Waals surface area contributed by atoms with Crippen LogP contribution in [0.5, 0.6) is 5.75 Å². The van der Waals surface area contributed by atoms with E-state index in [2.05, 4.69) is 4.98 Å². The van der Waals surface area contributed by atoms with Gasteiger partial charge in [0.15, 0.2) is 0 Å². The lowest BCUT2D eigenvalue weighted by molar-refractivity contribution is -0.140. The maximum Gasteiger partial charge on any atom is 0.296 e. The first kappa shape index (κ1) is 19.8. The predicted molar refractivity (Wildman–Crippen MR) is 114 cm³/mol. The van der Waals surface area contributed by atoms with Gasteiger partial charge in [-0.05, 0) is 42.6 Å². The molecule has 6 nitrogen and oxygen atoms in total. The van der Waals surface area contributed by atoms with Gasteiger partial charge in [-0.1, -0.05) is 24.3 Å². The van der Waals surface area contributed by atoms with E-state index in [-0.39, 0.29) is 17.9 Å². The minimum atomic E-state index is -0.705. The highest BCUT2D eigenvalue weighted by Crippen LogP contribution is 2.41. The van der Waals surface area contributed by atoms with Crippen LogP contribution in [0.15, 0.2) is 71.7 Å². The summed E-state index contributed by atoms with van der Waals surface area (Å²) in [5.41, 5.74) is 1.17. The summed E-state index contributed by atoms with van der Waals surface area (Å²) in [7, 11) is 0. The van der Waals surface area contributed by atoms with Crippen molar-refractivity contribution in [3.63, 3.8) is 0 Å². The number of carbonyl (C=O) groups excluding carboxylic acids is 2. The zero-order valence-electron chi connectivity index (χ0n) is 16.3. The van der Waals surface area contributed by atoms with Crippen LogP contribution in [-0.4, -0.2) is 33.3 Å². The van der Waals surface area contributed by atoms with Crippen molar-refractivity contribution in [3.05, 3.63) is 87.9 Å². The van der Waals surface area contributed by atoms with Gasteiger partial charge in [-0.2, -0.15) is 0 Å². The zero-order chi connectivity index (χ0) is 21.1. The van der Waals surface area contributed by atoms with Gasteiger partial charge < -0.3 is 14.7 Å². The number of nitrogens with zero attached hydrogens (tertiary/aromatic N) is 2. The van der Waals surface area contributed by atoms with Crippen LogP contribution in [-0.2, 0) is 16.1 Å². The smallest absolute Gasteiger partial charge is 0.296 e. The number of carbonyl (C=O) groups is 2. The number of Topliss-reactive ketones (excluding diaryl/α,β-unsaturated/α-hetero) is 1. The fourth-order valence-corrected chi connectivity index (χ4v) is 4.35. The normalized spacial score (nSPS) is 18.0. The average molecular weight is 420 g/mol. The molecule has 1 aliphatic rings. The minimum absolute atomic E-state index is 0.0760. The van der Waals surface area contributed by atoms with Gasteiger partial charge in [-0.3, -0.25) is 14.6 Å². The van der Waals surface area contributed by atoms with Crippen LogP contribution >= 0.6 is 11.3 Å². The molecule has 1 atom stereocenters. The van der Waals surface area contributed by atoms with E-state index in [9.17, 15) is 14.7 Å². The second-order valence-corrected chi connectivity index (χ2v) is 7.70. The second-order valence-electron chi connectivity index (χ2n) is 6.72. The van der Waals surface area contributed by atoms with Crippen molar-refractivity contribution in [2.45, 2.75) is 19.5 Å². The molecule has 0 aliphatic carbocycles. The van der Waals surface area contributed by atoms with Crippen LogP contribution in [0.4, 0.5) is 0 Å². The van der Waals surface area contributed by atoms with Gasteiger partial charge in [0.2, 0.25) is 0 Å². The number of rotatable bonds is 6.